The largest absolute Gasteiger partial charge is 0.352 e. The molecule has 0 saturated heterocycles. The minimum absolute atomic E-state index is 0.652. The van der Waals surface area contributed by atoms with Gasteiger partial charge in [0.1, 0.15) is 0 Å². The van der Waals surface area contributed by atoms with E-state index in [0.717, 1.165) is 18.6 Å². The van der Waals surface area contributed by atoms with Gasteiger partial charge in [-0.1, -0.05) is 6.07 Å². The molecule has 2 aromatic rings. The predicted octanol–water partition coefficient (Wildman–Crippen LogP) is 1.55. The molecule has 0 bridgehead atoms. The molecule has 0 aliphatic rings. The molecule has 0 saturated carbocycles. The van der Waals surface area contributed by atoms with Gasteiger partial charge in [0.15, 0.2) is 5.65 Å². The van der Waals surface area contributed by atoms with Crippen LogP contribution in [0.15, 0.2) is 24.4 Å². The van der Waals surface area contributed by atoms with Crippen LogP contribution in [0.3, 0.4) is 0 Å². The summed E-state index contributed by atoms with van der Waals surface area (Å²) in [7, 11) is 0. The van der Waals surface area contributed by atoms with Crippen LogP contribution in [0.2, 0.25) is 0 Å². The van der Waals surface area contributed by atoms with Gasteiger partial charge in [-0.2, -0.15) is 4.98 Å². The van der Waals surface area contributed by atoms with Crippen LogP contribution in [0.1, 0.15) is 13.3 Å². The Morgan fingerprint density at radius 3 is 3.20 bits per heavy atom. The maximum absolute atomic E-state index is 4.30. The van der Waals surface area contributed by atoms with E-state index in [9.17, 15) is 0 Å². The van der Waals surface area contributed by atoms with Gasteiger partial charge in [-0.3, -0.25) is 0 Å². The monoisotopic (exact) mass is 200 g/mol. The molecule has 2 rings (SSSR count). The molecule has 0 spiro atoms. The van der Waals surface area contributed by atoms with Gasteiger partial charge in [-0.15, -0.1) is 16.9 Å². The number of nitrogens with one attached hydrogen (secondary N) is 1. The normalized spacial score (nSPS) is 9.67. The van der Waals surface area contributed by atoms with E-state index in [-0.39, 0.29) is 0 Å². The number of hydrogen-bond donors (Lipinski definition) is 1. The molecule has 0 radical (unpaired) electrons. The molecule has 1 N–H and O–H groups in total. The molecule has 15 heavy (non-hydrogen) atoms. The van der Waals surface area contributed by atoms with Crippen LogP contribution in [0.5, 0.6) is 0 Å². The first-order valence-electron chi connectivity index (χ1n) is 4.85. The fourth-order valence-electron chi connectivity index (χ4n) is 1.27. The van der Waals surface area contributed by atoms with Crippen molar-refractivity contribution in [2.24, 2.45) is 0 Å². The highest BCUT2D eigenvalue weighted by atomic mass is 15.3. The second kappa shape index (κ2) is 4.47. The number of fused-ring (bicyclic) bond motifs is 1. The summed E-state index contributed by atoms with van der Waals surface area (Å²) in [6, 6.07) is 5.79. The van der Waals surface area contributed by atoms with Crippen LogP contribution in [-0.4, -0.2) is 21.1 Å². The predicted molar refractivity (Wildman–Crippen MR) is 59.5 cm³/mol. The molecule has 4 nitrogen and oxygen atoms in total. The van der Waals surface area contributed by atoms with Gasteiger partial charge in [0.2, 0.25) is 5.95 Å². The Bertz CT molecular complexity index is 471. The SMILES string of the molecule is CC#CCCNc1nc2ccccn2n1. The summed E-state index contributed by atoms with van der Waals surface area (Å²) in [6.45, 7) is 2.61. The third kappa shape index (κ3) is 2.26. The fraction of sp³-hybridized carbons (Fsp3) is 0.273. The first kappa shape index (κ1) is 9.53. The molecule has 0 aliphatic heterocycles. The summed E-state index contributed by atoms with van der Waals surface area (Å²) in [5, 5.41) is 7.38. The maximum Gasteiger partial charge on any atom is 0.243 e. The third-order valence-corrected chi connectivity index (χ3v) is 1.95. The quantitative estimate of drug-likeness (QED) is 0.604. The molecule has 0 aliphatic carbocycles. The molecule has 0 fully saturated rings. The first-order chi connectivity index (χ1) is 7.40. The average Bonchev–Trinajstić information content (AvgIpc) is 2.67. The zero-order valence-corrected chi connectivity index (χ0v) is 8.57. The molecule has 0 aromatic carbocycles. The number of aromatic nitrogens is 3. The first-order valence-corrected chi connectivity index (χ1v) is 4.85. The molecule has 0 amide bonds. The Kier molecular flexibility index (Phi) is 2.84. The van der Waals surface area contributed by atoms with Crippen LogP contribution in [0, 0.1) is 11.8 Å². The molecule has 76 valence electrons. The molecular weight excluding hydrogens is 188 g/mol. The summed E-state index contributed by atoms with van der Waals surface area (Å²) >= 11 is 0. The van der Waals surface area contributed by atoms with E-state index >= 15 is 0 Å². The van der Waals surface area contributed by atoms with E-state index in [1.807, 2.05) is 31.3 Å². The molecular formula is C11H12N4. The summed E-state index contributed by atoms with van der Waals surface area (Å²) in [6.07, 6.45) is 2.69. The maximum atomic E-state index is 4.30. The van der Waals surface area contributed by atoms with Gasteiger partial charge < -0.3 is 5.32 Å². The van der Waals surface area contributed by atoms with Crippen molar-refractivity contribution in [1.29, 1.82) is 0 Å². The zero-order valence-electron chi connectivity index (χ0n) is 8.57. The van der Waals surface area contributed by atoms with Crippen molar-refractivity contribution in [1.82, 2.24) is 14.6 Å². The Labute approximate surface area is 88.3 Å². The van der Waals surface area contributed by atoms with Crippen molar-refractivity contribution in [3.05, 3.63) is 24.4 Å². The highest BCUT2D eigenvalue weighted by molar-refractivity contribution is 5.42. The minimum atomic E-state index is 0.652. The van der Waals surface area contributed by atoms with E-state index in [4.69, 9.17) is 0 Å². The van der Waals surface area contributed by atoms with Gasteiger partial charge in [-0.05, 0) is 19.1 Å². The van der Waals surface area contributed by atoms with E-state index < -0.39 is 0 Å². The van der Waals surface area contributed by atoms with E-state index in [0.29, 0.717) is 5.95 Å². The van der Waals surface area contributed by atoms with Gasteiger partial charge in [0.25, 0.3) is 0 Å². The molecule has 2 heterocycles. The van der Waals surface area contributed by atoms with E-state index in [1.54, 1.807) is 4.52 Å². The van der Waals surface area contributed by atoms with Gasteiger partial charge in [0, 0.05) is 19.2 Å². The Morgan fingerprint density at radius 2 is 2.40 bits per heavy atom. The molecule has 2 aromatic heterocycles. The number of hydrogen-bond acceptors (Lipinski definition) is 3. The number of rotatable bonds is 3. The topological polar surface area (TPSA) is 42.2 Å². The molecule has 4 heteroatoms. The van der Waals surface area contributed by atoms with Crippen molar-refractivity contribution < 1.29 is 0 Å². The van der Waals surface area contributed by atoms with Crippen LogP contribution >= 0.6 is 0 Å². The lowest BCUT2D eigenvalue weighted by Crippen LogP contribution is -2.02. The summed E-state index contributed by atoms with van der Waals surface area (Å²) < 4.78 is 1.74. The van der Waals surface area contributed by atoms with Gasteiger partial charge >= 0.3 is 0 Å². The number of nitrogens with zero attached hydrogens (tertiary/aromatic N) is 3. The standard InChI is InChI=1S/C11H12N4/c1-2-3-5-8-12-11-13-10-7-4-6-9-15(10)14-11/h4,6-7,9H,5,8H2,1H3,(H,12,14). The lowest BCUT2D eigenvalue weighted by molar-refractivity contribution is 0.948. The Balaban J connectivity index is 2.04. The van der Waals surface area contributed by atoms with Crippen LogP contribution in [-0.2, 0) is 0 Å². The Hall–Kier alpha value is -2.02. The highest BCUT2D eigenvalue weighted by Gasteiger charge is 1.99. The Morgan fingerprint density at radius 1 is 1.47 bits per heavy atom. The number of pyridine rings is 1. The van der Waals surface area contributed by atoms with Gasteiger partial charge in [-0.25, -0.2) is 4.52 Å². The van der Waals surface area contributed by atoms with Gasteiger partial charge in [0.05, 0.1) is 0 Å². The van der Waals surface area contributed by atoms with Crippen molar-refractivity contribution in [2.75, 3.05) is 11.9 Å². The van der Waals surface area contributed by atoms with Crippen molar-refractivity contribution >= 4 is 11.6 Å². The molecule has 0 atom stereocenters. The number of anilines is 1. The fourth-order valence-corrected chi connectivity index (χ4v) is 1.27. The second-order valence-electron chi connectivity index (χ2n) is 3.04. The van der Waals surface area contributed by atoms with Crippen LogP contribution in [0.25, 0.3) is 5.65 Å². The van der Waals surface area contributed by atoms with Crippen LogP contribution < -0.4 is 5.32 Å². The average molecular weight is 200 g/mol. The summed E-state index contributed by atoms with van der Waals surface area (Å²) in [5.41, 5.74) is 0.849. The minimum Gasteiger partial charge on any atom is -0.352 e. The molecule has 0 unspecified atom stereocenters. The zero-order chi connectivity index (χ0) is 10.5. The summed E-state index contributed by atoms with van der Waals surface area (Å²) in [5.74, 6) is 6.47. The van der Waals surface area contributed by atoms with Crippen molar-refractivity contribution in [3.8, 4) is 11.8 Å². The van der Waals surface area contributed by atoms with Crippen molar-refractivity contribution in [3.63, 3.8) is 0 Å². The third-order valence-electron chi connectivity index (χ3n) is 1.95. The smallest absolute Gasteiger partial charge is 0.243 e. The van der Waals surface area contributed by atoms with Crippen molar-refractivity contribution in [2.45, 2.75) is 13.3 Å². The summed E-state index contributed by atoms with van der Waals surface area (Å²) in [4.78, 5) is 4.30. The van der Waals surface area contributed by atoms with Crippen LogP contribution in [0.4, 0.5) is 5.95 Å². The lowest BCUT2D eigenvalue weighted by atomic mass is 10.4. The van der Waals surface area contributed by atoms with E-state index in [2.05, 4.69) is 27.2 Å². The van der Waals surface area contributed by atoms with E-state index in [1.165, 1.54) is 0 Å². The lowest BCUT2D eigenvalue weighted by Gasteiger charge is -1.94. The second-order valence-corrected chi connectivity index (χ2v) is 3.04. The highest BCUT2D eigenvalue weighted by Crippen LogP contribution is 2.03.